The predicted molar refractivity (Wildman–Crippen MR) is 113 cm³/mol. The van der Waals surface area contributed by atoms with Crippen molar-refractivity contribution in [3.63, 3.8) is 0 Å². The first kappa shape index (κ1) is 18.4. The van der Waals surface area contributed by atoms with Crippen LogP contribution in [0.3, 0.4) is 0 Å². The third-order valence-electron chi connectivity index (χ3n) is 5.41. The smallest absolute Gasteiger partial charge is 0.224 e. The van der Waals surface area contributed by atoms with Gasteiger partial charge in [0.15, 0.2) is 0 Å². The van der Waals surface area contributed by atoms with E-state index >= 15 is 0 Å². The lowest BCUT2D eigenvalue weighted by Crippen LogP contribution is -2.45. The first-order valence-corrected chi connectivity index (χ1v) is 9.80. The van der Waals surface area contributed by atoms with Crippen molar-refractivity contribution in [2.45, 2.75) is 13.0 Å². The average Bonchev–Trinajstić information content (AvgIpc) is 2.73. The number of rotatable bonds is 5. The molecule has 1 aliphatic heterocycles. The molecule has 1 amide bonds. The first-order chi connectivity index (χ1) is 13.7. The Morgan fingerprint density at radius 2 is 1.71 bits per heavy atom. The Labute approximate surface area is 166 Å². The number of benzene rings is 2. The molecule has 144 valence electrons. The fraction of sp³-hybridized carbons (Fsp3) is 0.304. The van der Waals surface area contributed by atoms with Crippen LogP contribution in [0, 0.1) is 0 Å². The molecule has 1 fully saturated rings. The molecular formula is C23H26N4O. The Kier molecular flexibility index (Phi) is 5.53. The van der Waals surface area contributed by atoms with Crippen molar-refractivity contribution in [1.82, 2.24) is 15.2 Å². The van der Waals surface area contributed by atoms with Crippen LogP contribution in [-0.2, 0) is 17.8 Å². The fourth-order valence-electron chi connectivity index (χ4n) is 3.77. The number of hydrogen-bond acceptors (Lipinski definition) is 4. The number of nitrogens with zero attached hydrogens (tertiary/aromatic N) is 3. The molecule has 0 atom stereocenters. The summed E-state index contributed by atoms with van der Waals surface area (Å²) in [5.74, 6) is 0.0198. The van der Waals surface area contributed by atoms with Crippen molar-refractivity contribution >= 4 is 22.4 Å². The Hall–Kier alpha value is -2.92. The molecule has 1 aliphatic rings. The Balaban J connectivity index is 1.43. The lowest BCUT2D eigenvalue weighted by molar-refractivity contribution is -0.120. The summed E-state index contributed by atoms with van der Waals surface area (Å²) >= 11 is 0. The van der Waals surface area contributed by atoms with E-state index in [1.807, 2.05) is 36.5 Å². The van der Waals surface area contributed by atoms with E-state index in [0.29, 0.717) is 13.0 Å². The number of fused-ring (bicyclic) bond motifs is 1. The predicted octanol–water partition coefficient (Wildman–Crippen LogP) is 2.85. The summed E-state index contributed by atoms with van der Waals surface area (Å²) in [5.41, 5.74) is 3.35. The maximum atomic E-state index is 12.6. The van der Waals surface area contributed by atoms with Gasteiger partial charge < -0.3 is 15.1 Å². The van der Waals surface area contributed by atoms with E-state index < -0.39 is 0 Å². The number of carbonyl (C=O) groups excluding carboxylic acids is 1. The van der Waals surface area contributed by atoms with E-state index in [1.54, 1.807) is 6.20 Å². The number of piperazine rings is 1. The van der Waals surface area contributed by atoms with Crippen LogP contribution in [0.15, 0.2) is 60.9 Å². The molecule has 0 saturated carbocycles. The number of carbonyl (C=O) groups is 1. The number of likely N-dealkylation sites (N-methyl/N-ethyl adjacent to an activating group) is 1. The summed E-state index contributed by atoms with van der Waals surface area (Å²) in [5, 5.41) is 5.25. The number of aromatic nitrogens is 1. The highest BCUT2D eigenvalue weighted by atomic mass is 16.1. The second kappa shape index (κ2) is 8.40. The van der Waals surface area contributed by atoms with Crippen molar-refractivity contribution in [2.24, 2.45) is 0 Å². The number of amides is 1. The topological polar surface area (TPSA) is 48.5 Å². The van der Waals surface area contributed by atoms with Gasteiger partial charge in [0.1, 0.15) is 0 Å². The molecule has 1 N–H and O–H groups in total. The van der Waals surface area contributed by atoms with Gasteiger partial charge in [-0.2, -0.15) is 0 Å². The van der Waals surface area contributed by atoms with Gasteiger partial charge in [-0.25, -0.2) is 0 Å². The number of hydrogen-bond donors (Lipinski definition) is 1. The second-order valence-corrected chi connectivity index (χ2v) is 7.39. The second-order valence-electron chi connectivity index (χ2n) is 7.39. The molecule has 3 aromatic rings. The van der Waals surface area contributed by atoms with E-state index in [2.05, 4.69) is 45.3 Å². The van der Waals surface area contributed by atoms with Gasteiger partial charge in [-0.15, -0.1) is 0 Å². The Bertz CT molecular complexity index is 958. The highest BCUT2D eigenvalue weighted by molar-refractivity contribution is 5.89. The van der Waals surface area contributed by atoms with Gasteiger partial charge in [0.2, 0.25) is 5.91 Å². The van der Waals surface area contributed by atoms with E-state index in [9.17, 15) is 4.79 Å². The molecule has 0 spiro atoms. The van der Waals surface area contributed by atoms with Crippen LogP contribution in [0.2, 0.25) is 0 Å². The highest BCUT2D eigenvalue weighted by Gasteiger charge is 2.17. The molecule has 28 heavy (non-hydrogen) atoms. The standard InChI is InChI=1S/C23H26N4O/c1-26-10-12-27(13-11-26)22-9-5-3-7-19(22)17-25-23(28)14-20-16-24-15-18-6-2-4-8-21(18)20/h2-9,15-16H,10-14,17H2,1H3,(H,25,28). The lowest BCUT2D eigenvalue weighted by Gasteiger charge is -2.35. The molecule has 5 nitrogen and oxygen atoms in total. The molecule has 0 aliphatic carbocycles. The van der Waals surface area contributed by atoms with Crippen LogP contribution in [0.1, 0.15) is 11.1 Å². The van der Waals surface area contributed by atoms with E-state index in [-0.39, 0.29) is 5.91 Å². The zero-order valence-corrected chi connectivity index (χ0v) is 16.3. The molecule has 0 radical (unpaired) electrons. The van der Waals surface area contributed by atoms with E-state index in [1.165, 1.54) is 5.69 Å². The molecule has 4 rings (SSSR count). The average molecular weight is 374 g/mol. The van der Waals surface area contributed by atoms with E-state index in [4.69, 9.17) is 0 Å². The SMILES string of the molecule is CN1CCN(c2ccccc2CNC(=O)Cc2cncc3ccccc23)CC1. The van der Waals surface area contributed by atoms with Crippen molar-refractivity contribution in [1.29, 1.82) is 0 Å². The molecule has 5 heteroatoms. The van der Waals surface area contributed by atoms with Crippen molar-refractivity contribution in [3.05, 3.63) is 72.1 Å². The molecule has 0 bridgehead atoms. The van der Waals surface area contributed by atoms with Gasteiger partial charge in [0.25, 0.3) is 0 Å². The van der Waals surface area contributed by atoms with Crippen molar-refractivity contribution in [3.8, 4) is 0 Å². The first-order valence-electron chi connectivity index (χ1n) is 9.80. The van der Waals surface area contributed by atoms with Crippen molar-refractivity contribution < 1.29 is 4.79 Å². The molecule has 0 unspecified atom stereocenters. The largest absolute Gasteiger partial charge is 0.369 e. The summed E-state index contributed by atoms with van der Waals surface area (Å²) in [6.45, 7) is 4.70. The van der Waals surface area contributed by atoms with Gasteiger partial charge in [0, 0.05) is 56.2 Å². The minimum atomic E-state index is 0.0198. The van der Waals surface area contributed by atoms with E-state index in [0.717, 1.165) is 48.1 Å². The molecule has 1 aromatic heterocycles. The normalized spacial score (nSPS) is 15.0. The quantitative estimate of drug-likeness (QED) is 0.746. The van der Waals surface area contributed by atoms with Gasteiger partial charge in [0.05, 0.1) is 6.42 Å². The molecule has 2 heterocycles. The lowest BCUT2D eigenvalue weighted by atomic mass is 10.1. The molecular weight excluding hydrogens is 348 g/mol. The van der Waals surface area contributed by atoms with Crippen LogP contribution in [0.4, 0.5) is 5.69 Å². The minimum absolute atomic E-state index is 0.0198. The minimum Gasteiger partial charge on any atom is -0.369 e. The third kappa shape index (κ3) is 4.15. The number of pyridine rings is 1. The fourth-order valence-corrected chi connectivity index (χ4v) is 3.77. The Morgan fingerprint density at radius 3 is 2.57 bits per heavy atom. The number of para-hydroxylation sites is 1. The summed E-state index contributed by atoms with van der Waals surface area (Å²) in [6, 6.07) is 16.4. The number of anilines is 1. The highest BCUT2D eigenvalue weighted by Crippen LogP contribution is 2.22. The monoisotopic (exact) mass is 374 g/mol. The van der Waals surface area contributed by atoms with Gasteiger partial charge in [-0.3, -0.25) is 9.78 Å². The maximum absolute atomic E-state index is 12.6. The molecule has 2 aromatic carbocycles. The zero-order valence-electron chi connectivity index (χ0n) is 16.3. The molecule has 1 saturated heterocycles. The Morgan fingerprint density at radius 1 is 0.964 bits per heavy atom. The van der Waals surface area contributed by atoms with Crippen LogP contribution in [0.25, 0.3) is 10.8 Å². The van der Waals surface area contributed by atoms with Crippen molar-refractivity contribution in [2.75, 3.05) is 38.1 Å². The summed E-state index contributed by atoms with van der Waals surface area (Å²) in [4.78, 5) is 21.6. The summed E-state index contributed by atoms with van der Waals surface area (Å²) in [6.07, 6.45) is 3.97. The van der Waals surface area contributed by atoms with Crippen LogP contribution in [-0.4, -0.2) is 49.0 Å². The zero-order chi connectivity index (χ0) is 19.3. The maximum Gasteiger partial charge on any atom is 0.224 e. The van der Waals surface area contributed by atoms with Gasteiger partial charge >= 0.3 is 0 Å². The summed E-state index contributed by atoms with van der Waals surface area (Å²) in [7, 11) is 2.16. The van der Waals surface area contributed by atoms with Crippen LogP contribution >= 0.6 is 0 Å². The third-order valence-corrected chi connectivity index (χ3v) is 5.41. The number of nitrogens with one attached hydrogen (secondary N) is 1. The van der Waals surface area contributed by atoms with Crippen LogP contribution in [0.5, 0.6) is 0 Å². The summed E-state index contributed by atoms with van der Waals surface area (Å²) < 4.78 is 0. The van der Waals surface area contributed by atoms with Crippen LogP contribution < -0.4 is 10.2 Å². The van der Waals surface area contributed by atoms with Gasteiger partial charge in [-0.05, 0) is 29.6 Å². The van der Waals surface area contributed by atoms with Gasteiger partial charge in [-0.1, -0.05) is 42.5 Å².